The number of aryl methyl sites for hydroxylation is 1. The SMILES string of the molecule is CC(C)(C)OC(=O)N1CCN(C(=O)CCn2cnc3ccccc3c2=O)CC1. The van der Waals surface area contributed by atoms with E-state index < -0.39 is 5.60 Å². The second-order valence-electron chi connectivity index (χ2n) is 7.86. The van der Waals surface area contributed by atoms with Gasteiger partial charge in [0, 0.05) is 39.1 Å². The lowest BCUT2D eigenvalue weighted by molar-refractivity contribution is -0.133. The van der Waals surface area contributed by atoms with Gasteiger partial charge in [-0.1, -0.05) is 12.1 Å². The molecule has 0 bridgehead atoms. The summed E-state index contributed by atoms with van der Waals surface area (Å²) in [6.45, 7) is 7.57. The molecule has 1 aromatic heterocycles. The summed E-state index contributed by atoms with van der Waals surface area (Å²) in [5.41, 5.74) is -0.0351. The van der Waals surface area contributed by atoms with E-state index in [1.165, 1.54) is 10.9 Å². The quantitative estimate of drug-likeness (QED) is 0.804. The number of benzene rings is 1. The Bertz CT molecular complexity index is 924. The Kier molecular flexibility index (Phi) is 5.67. The van der Waals surface area contributed by atoms with Gasteiger partial charge < -0.3 is 14.5 Å². The zero-order valence-corrected chi connectivity index (χ0v) is 16.6. The molecule has 0 N–H and O–H groups in total. The molecule has 0 spiro atoms. The molecule has 1 aliphatic heterocycles. The van der Waals surface area contributed by atoms with E-state index in [2.05, 4.69) is 4.98 Å². The lowest BCUT2D eigenvalue weighted by Crippen LogP contribution is -2.51. The van der Waals surface area contributed by atoms with E-state index in [9.17, 15) is 14.4 Å². The molecular weight excluding hydrogens is 360 g/mol. The maximum absolute atomic E-state index is 12.5. The number of rotatable bonds is 3. The highest BCUT2D eigenvalue weighted by atomic mass is 16.6. The number of amides is 2. The van der Waals surface area contributed by atoms with E-state index >= 15 is 0 Å². The minimum atomic E-state index is -0.537. The molecule has 8 nitrogen and oxygen atoms in total. The van der Waals surface area contributed by atoms with Crippen LogP contribution >= 0.6 is 0 Å². The molecule has 150 valence electrons. The predicted molar refractivity (Wildman–Crippen MR) is 105 cm³/mol. The highest BCUT2D eigenvalue weighted by molar-refractivity contribution is 5.78. The van der Waals surface area contributed by atoms with Crippen LogP contribution in [0.2, 0.25) is 0 Å². The van der Waals surface area contributed by atoms with Crippen LogP contribution in [0, 0.1) is 0 Å². The summed E-state index contributed by atoms with van der Waals surface area (Å²) in [6.07, 6.45) is 1.35. The first-order valence-corrected chi connectivity index (χ1v) is 9.44. The second-order valence-corrected chi connectivity index (χ2v) is 7.86. The summed E-state index contributed by atoms with van der Waals surface area (Å²) < 4.78 is 6.83. The highest BCUT2D eigenvalue weighted by Gasteiger charge is 2.27. The summed E-state index contributed by atoms with van der Waals surface area (Å²) in [7, 11) is 0. The third-order valence-corrected chi connectivity index (χ3v) is 4.58. The molecule has 8 heteroatoms. The van der Waals surface area contributed by atoms with E-state index in [0.29, 0.717) is 37.1 Å². The molecule has 0 radical (unpaired) electrons. The zero-order chi connectivity index (χ0) is 20.3. The van der Waals surface area contributed by atoms with Gasteiger partial charge in [-0.25, -0.2) is 9.78 Å². The first-order chi connectivity index (χ1) is 13.2. The molecule has 3 rings (SSSR count). The van der Waals surface area contributed by atoms with Gasteiger partial charge in [0.15, 0.2) is 0 Å². The van der Waals surface area contributed by atoms with Gasteiger partial charge in [-0.15, -0.1) is 0 Å². The Morgan fingerprint density at radius 3 is 2.39 bits per heavy atom. The molecule has 1 saturated heterocycles. The third kappa shape index (κ3) is 4.68. The number of aromatic nitrogens is 2. The summed E-state index contributed by atoms with van der Waals surface area (Å²) in [6, 6.07) is 7.15. The van der Waals surface area contributed by atoms with Gasteiger partial charge in [0.2, 0.25) is 5.91 Å². The topological polar surface area (TPSA) is 84.7 Å². The van der Waals surface area contributed by atoms with E-state index in [1.807, 2.05) is 26.8 Å². The number of fused-ring (bicyclic) bond motifs is 1. The first-order valence-electron chi connectivity index (χ1n) is 9.44. The zero-order valence-electron chi connectivity index (χ0n) is 16.6. The van der Waals surface area contributed by atoms with Crippen molar-refractivity contribution in [3.8, 4) is 0 Å². The summed E-state index contributed by atoms with van der Waals surface area (Å²) in [4.78, 5) is 44.7. The second kappa shape index (κ2) is 8.00. The van der Waals surface area contributed by atoms with Crippen molar-refractivity contribution in [1.29, 1.82) is 0 Å². The lowest BCUT2D eigenvalue weighted by atomic mass is 10.2. The van der Waals surface area contributed by atoms with E-state index in [-0.39, 0.29) is 30.5 Å². The van der Waals surface area contributed by atoms with Crippen molar-refractivity contribution in [2.45, 2.75) is 39.3 Å². The third-order valence-electron chi connectivity index (χ3n) is 4.58. The van der Waals surface area contributed by atoms with Gasteiger partial charge in [-0.05, 0) is 32.9 Å². The Morgan fingerprint density at radius 1 is 1.07 bits per heavy atom. The van der Waals surface area contributed by atoms with Crippen LogP contribution in [0.5, 0.6) is 0 Å². The largest absolute Gasteiger partial charge is 0.444 e. The fourth-order valence-corrected chi connectivity index (χ4v) is 3.10. The smallest absolute Gasteiger partial charge is 0.410 e. The van der Waals surface area contributed by atoms with Crippen LogP contribution in [-0.2, 0) is 16.1 Å². The molecule has 2 heterocycles. The van der Waals surface area contributed by atoms with Crippen LogP contribution in [0.15, 0.2) is 35.4 Å². The number of hydrogen-bond acceptors (Lipinski definition) is 5. The molecule has 1 aromatic carbocycles. The van der Waals surface area contributed by atoms with Crippen LogP contribution in [-0.4, -0.2) is 63.1 Å². The number of para-hydroxylation sites is 1. The Morgan fingerprint density at radius 2 is 1.71 bits per heavy atom. The summed E-state index contributed by atoms with van der Waals surface area (Å²) >= 11 is 0. The number of nitrogens with zero attached hydrogens (tertiary/aromatic N) is 4. The number of piperazine rings is 1. The monoisotopic (exact) mass is 386 g/mol. The van der Waals surface area contributed by atoms with Crippen molar-refractivity contribution < 1.29 is 14.3 Å². The van der Waals surface area contributed by atoms with E-state index in [0.717, 1.165) is 0 Å². The molecule has 1 aliphatic rings. The van der Waals surface area contributed by atoms with Crippen LogP contribution < -0.4 is 5.56 Å². The van der Waals surface area contributed by atoms with Gasteiger partial charge in [0.05, 0.1) is 17.2 Å². The van der Waals surface area contributed by atoms with Crippen molar-refractivity contribution in [3.05, 3.63) is 40.9 Å². The number of hydrogen-bond donors (Lipinski definition) is 0. The fourth-order valence-electron chi connectivity index (χ4n) is 3.10. The fraction of sp³-hybridized carbons (Fsp3) is 0.500. The number of carbonyl (C=O) groups is 2. The summed E-state index contributed by atoms with van der Waals surface area (Å²) in [5, 5.41) is 0.545. The van der Waals surface area contributed by atoms with Crippen LogP contribution in [0.4, 0.5) is 4.79 Å². The molecule has 2 aromatic rings. The van der Waals surface area contributed by atoms with Crippen molar-refractivity contribution in [2.75, 3.05) is 26.2 Å². The standard InChI is InChI=1S/C20H26N4O4/c1-20(2,3)28-19(27)23-12-10-22(11-13-23)17(25)8-9-24-14-21-16-7-5-4-6-15(16)18(24)26/h4-7,14H,8-13H2,1-3H3. The van der Waals surface area contributed by atoms with Crippen LogP contribution in [0.25, 0.3) is 10.9 Å². The van der Waals surface area contributed by atoms with Crippen LogP contribution in [0.1, 0.15) is 27.2 Å². The summed E-state index contributed by atoms with van der Waals surface area (Å²) in [5.74, 6) is -0.0381. The molecule has 28 heavy (non-hydrogen) atoms. The maximum Gasteiger partial charge on any atom is 0.410 e. The average molecular weight is 386 g/mol. The van der Waals surface area contributed by atoms with Gasteiger partial charge in [0.1, 0.15) is 5.60 Å². The molecule has 0 atom stereocenters. The van der Waals surface area contributed by atoms with Crippen molar-refractivity contribution in [3.63, 3.8) is 0 Å². The van der Waals surface area contributed by atoms with Gasteiger partial charge in [-0.3, -0.25) is 14.2 Å². The van der Waals surface area contributed by atoms with E-state index in [4.69, 9.17) is 4.74 Å². The number of carbonyl (C=O) groups excluding carboxylic acids is 2. The van der Waals surface area contributed by atoms with Crippen molar-refractivity contribution in [2.24, 2.45) is 0 Å². The molecule has 0 saturated carbocycles. The van der Waals surface area contributed by atoms with Gasteiger partial charge in [0.25, 0.3) is 5.56 Å². The predicted octanol–water partition coefficient (Wildman–Crippen LogP) is 1.87. The Balaban J connectivity index is 1.53. The van der Waals surface area contributed by atoms with Gasteiger partial charge in [-0.2, -0.15) is 0 Å². The molecule has 1 fully saturated rings. The molecular formula is C20H26N4O4. The lowest BCUT2D eigenvalue weighted by Gasteiger charge is -2.35. The molecule has 2 amide bonds. The van der Waals surface area contributed by atoms with Gasteiger partial charge >= 0.3 is 6.09 Å². The van der Waals surface area contributed by atoms with E-state index in [1.54, 1.807) is 28.0 Å². The van der Waals surface area contributed by atoms with Crippen molar-refractivity contribution in [1.82, 2.24) is 19.4 Å². The van der Waals surface area contributed by atoms with Crippen LogP contribution in [0.3, 0.4) is 0 Å². The first kappa shape index (κ1) is 19.9. The Hall–Kier alpha value is -2.90. The molecule has 0 unspecified atom stereocenters. The minimum absolute atomic E-state index is 0.0381. The number of ether oxygens (including phenoxy) is 1. The minimum Gasteiger partial charge on any atom is -0.444 e. The highest BCUT2D eigenvalue weighted by Crippen LogP contribution is 2.12. The maximum atomic E-state index is 12.5. The average Bonchev–Trinajstić information content (AvgIpc) is 2.66. The van der Waals surface area contributed by atoms with Crippen molar-refractivity contribution >= 4 is 22.9 Å². The molecule has 0 aliphatic carbocycles. The normalized spacial score (nSPS) is 15.0. The Labute approximate surface area is 163 Å².